The Balaban J connectivity index is 2.05. The van der Waals surface area contributed by atoms with Crippen molar-refractivity contribution in [2.24, 2.45) is 5.73 Å². The number of nitrogens with two attached hydrogens (primary N) is 1. The number of hydrogen-bond acceptors (Lipinski definition) is 3. The summed E-state index contributed by atoms with van der Waals surface area (Å²) in [6.07, 6.45) is 0. The zero-order chi connectivity index (χ0) is 17.7. The van der Waals surface area contributed by atoms with Crippen molar-refractivity contribution in [3.05, 3.63) is 59.7 Å². The smallest absolute Gasteiger partial charge is 0.213 e. The van der Waals surface area contributed by atoms with Crippen molar-refractivity contribution in [1.82, 2.24) is 4.72 Å². The van der Waals surface area contributed by atoms with Crippen LogP contribution in [0.5, 0.6) is 0 Å². The molecule has 3 N–H and O–H groups in total. The Morgan fingerprint density at radius 1 is 0.917 bits per heavy atom. The molecule has 0 bridgehead atoms. The number of hydrogen-bond donors (Lipinski definition) is 2. The summed E-state index contributed by atoms with van der Waals surface area (Å²) >= 11 is 0. The molecule has 0 saturated carbocycles. The van der Waals surface area contributed by atoms with Crippen molar-refractivity contribution in [3.63, 3.8) is 0 Å². The third kappa shape index (κ3) is 4.66. The van der Waals surface area contributed by atoms with Crippen LogP contribution >= 0.6 is 0 Å². The molecule has 0 radical (unpaired) electrons. The average molecular weight is 346 g/mol. The Hall–Kier alpha value is -1.69. The highest BCUT2D eigenvalue weighted by molar-refractivity contribution is 7.90. The molecule has 0 spiro atoms. The molecular formula is C19H26N2O2S. The first-order valence-corrected chi connectivity index (χ1v) is 9.76. The average Bonchev–Trinajstić information content (AvgIpc) is 2.60. The second-order valence-corrected chi connectivity index (χ2v) is 8.69. The van der Waals surface area contributed by atoms with Gasteiger partial charge in [0.15, 0.2) is 0 Å². The highest BCUT2D eigenvalue weighted by Crippen LogP contribution is 2.23. The second kappa shape index (κ2) is 7.92. The van der Waals surface area contributed by atoms with Gasteiger partial charge in [0.05, 0.1) is 5.25 Å². The molecule has 130 valence electrons. The van der Waals surface area contributed by atoms with Crippen LogP contribution < -0.4 is 10.5 Å². The molecule has 0 amide bonds. The lowest BCUT2D eigenvalue weighted by Gasteiger charge is -2.15. The van der Waals surface area contributed by atoms with Crippen molar-refractivity contribution < 1.29 is 8.42 Å². The van der Waals surface area contributed by atoms with E-state index in [0.717, 1.165) is 22.3 Å². The molecule has 0 heterocycles. The van der Waals surface area contributed by atoms with E-state index in [0.29, 0.717) is 13.1 Å². The first-order valence-electron chi connectivity index (χ1n) is 8.21. The Kier molecular flexibility index (Phi) is 6.15. The fraction of sp³-hybridized carbons (Fsp3) is 0.368. The van der Waals surface area contributed by atoms with Crippen molar-refractivity contribution in [2.45, 2.75) is 38.5 Å². The van der Waals surface area contributed by atoms with Crippen LogP contribution in [-0.4, -0.2) is 20.2 Å². The maximum absolute atomic E-state index is 11.8. The molecule has 4 nitrogen and oxygen atoms in total. The van der Waals surface area contributed by atoms with Gasteiger partial charge in [-0.15, -0.1) is 0 Å². The van der Waals surface area contributed by atoms with E-state index in [-0.39, 0.29) is 5.92 Å². The zero-order valence-electron chi connectivity index (χ0n) is 14.5. The van der Waals surface area contributed by atoms with Gasteiger partial charge in [-0.25, -0.2) is 13.1 Å². The first kappa shape index (κ1) is 18.6. The summed E-state index contributed by atoms with van der Waals surface area (Å²) in [6, 6.07) is 16.5. The number of rotatable bonds is 7. The zero-order valence-corrected chi connectivity index (χ0v) is 15.3. The van der Waals surface area contributed by atoms with E-state index >= 15 is 0 Å². The molecule has 1 atom stereocenters. The van der Waals surface area contributed by atoms with E-state index < -0.39 is 15.3 Å². The van der Waals surface area contributed by atoms with E-state index in [2.05, 4.69) is 41.1 Å². The minimum atomic E-state index is -3.22. The van der Waals surface area contributed by atoms with Gasteiger partial charge >= 0.3 is 0 Å². The van der Waals surface area contributed by atoms with Gasteiger partial charge in [0, 0.05) is 13.1 Å². The SMILES string of the molecule is CC(CNS(=O)(=O)C(C)C)c1ccc(-c2ccc(CN)cc2)cc1. The maximum Gasteiger partial charge on any atom is 0.213 e. The normalized spacial score (nSPS) is 13.2. The third-order valence-corrected chi connectivity index (χ3v) is 6.02. The Morgan fingerprint density at radius 3 is 1.88 bits per heavy atom. The minimum absolute atomic E-state index is 0.118. The molecule has 0 aliphatic carbocycles. The number of sulfonamides is 1. The highest BCUT2D eigenvalue weighted by Gasteiger charge is 2.17. The topological polar surface area (TPSA) is 72.2 Å². The largest absolute Gasteiger partial charge is 0.326 e. The molecule has 0 aliphatic heterocycles. The van der Waals surface area contributed by atoms with Crippen molar-refractivity contribution >= 4 is 10.0 Å². The summed E-state index contributed by atoms with van der Waals surface area (Å²) in [7, 11) is -3.22. The standard InChI is InChI=1S/C19H26N2O2S/c1-14(2)24(22,23)21-13-15(3)17-8-10-19(11-9-17)18-6-4-16(12-20)5-7-18/h4-11,14-15,21H,12-13,20H2,1-3H3. The fourth-order valence-electron chi connectivity index (χ4n) is 2.36. The molecule has 5 heteroatoms. The van der Waals surface area contributed by atoms with E-state index in [1.165, 1.54) is 0 Å². The van der Waals surface area contributed by atoms with Crippen LogP contribution in [0.2, 0.25) is 0 Å². The molecule has 0 fully saturated rings. The summed E-state index contributed by atoms with van der Waals surface area (Å²) in [4.78, 5) is 0. The van der Waals surface area contributed by atoms with Gasteiger partial charge < -0.3 is 5.73 Å². The van der Waals surface area contributed by atoms with E-state index in [1.54, 1.807) is 13.8 Å². The summed E-state index contributed by atoms with van der Waals surface area (Å²) in [5.74, 6) is 0.118. The van der Waals surface area contributed by atoms with Gasteiger partial charge in [-0.2, -0.15) is 0 Å². The maximum atomic E-state index is 11.8. The molecular weight excluding hydrogens is 320 g/mol. The van der Waals surface area contributed by atoms with Crippen LogP contribution in [-0.2, 0) is 16.6 Å². The first-order chi connectivity index (χ1) is 11.3. The van der Waals surface area contributed by atoms with Gasteiger partial charge in [0.1, 0.15) is 0 Å². The molecule has 2 rings (SSSR count). The van der Waals surface area contributed by atoms with Crippen LogP contribution in [0.4, 0.5) is 0 Å². The lowest BCUT2D eigenvalue weighted by Crippen LogP contribution is -2.33. The summed E-state index contributed by atoms with van der Waals surface area (Å²) in [6.45, 7) is 6.33. The van der Waals surface area contributed by atoms with E-state index in [4.69, 9.17) is 5.73 Å². The molecule has 2 aromatic carbocycles. The van der Waals surface area contributed by atoms with E-state index in [9.17, 15) is 8.42 Å². The molecule has 24 heavy (non-hydrogen) atoms. The van der Waals surface area contributed by atoms with Crippen LogP contribution in [0.1, 0.15) is 37.8 Å². The second-order valence-electron chi connectivity index (χ2n) is 6.37. The lowest BCUT2D eigenvalue weighted by molar-refractivity contribution is 0.566. The summed E-state index contributed by atoms with van der Waals surface area (Å²) in [5.41, 5.74) is 10.1. The van der Waals surface area contributed by atoms with Gasteiger partial charge in [-0.05, 0) is 42.0 Å². The van der Waals surface area contributed by atoms with Crippen molar-refractivity contribution in [1.29, 1.82) is 0 Å². The molecule has 0 saturated heterocycles. The molecule has 1 unspecified atom stereocenters. The minimum Gasteiger partial charge on any atom is -0.326 e. The molecule has 0 aromatic heterocycles. The van der Waals surface area contributed by atoms with Gasteiger partial charge in [0.2, 0.25) is 10.0 Å². The fourth-order valence-corrected chi connectivity index (χ4v) is 3.18. The van der Waals surface area contributed by atoms with Crippen LogP contribution in [0.3, 0.4) is 0 Å². The van der Waals surface area contributed by atoms with Gasteiger partial charge in [0.25, 0.3) is 0 Å². The Bertz CT molecular complexity index is 751. The predicted molar refractivity (Wildman–Crippen MR) is 100 cm³/mol. The van der Waals surface area contributed by atoms with Gasteiger partial charge in [-0.1, -0.05) is 55.5 Å². The predicted octanol–water partition coefficient (Wildman–Crippen LogP) is 3.24. The molecule has 2 aromatic rings. The van der Waals surface area contributed by atoms with Crippen molar-refractivity contribution in [3.8, 4) is 11.1 Å². The molecule has 0 aliphatic rings. The Labute approximate surface area is 145 Å². The summed E-state index contributed by atoms with van der Waals surface area (Å²) < 4.78 is 26.4. The monoisotopic (exact) mass is 346 g/mol. The van der Waals surface area contributed by atoms with Crippen LogP contribution in [0.25, 0.3) is 11.1 Å². The van der Waals surface area contributed by atoms with Gasteiger partial charge in [-0.3, -0.25) is 0 Å². The third-order valence-electron chi connectivity index (χ3n) is 4.21. The van der Waals surface area contributed by atoms with Crippen LogP contribution in [0, 0.1) is 0 Å². The highest BCUT2D eigenvalue weighted by atomic mass is 32.2. The van der Waals surface area contributed by atoms with E-state index in [1.807, 2.05) is 19.1 Å². The number of benzene rings is 2. The summed E-state index contributed by atoms with van der Waals surface area (Å²) in [5, 5.41) is -0.413. The van der Waals surface area contributed by atoms with Crippen LogP contribution in [0.15, 0.2) is 48.5 Å². The lowest BCUT2D eigenvalue weighted by atomic mass is 9.97. The quantitative estimate of drug-likeness (QED) is 0.808. The number of nitrogens with one attached hydrogen (secondary N) is 1. The van der Waals surface area contributed by atoms with Crippen molar-refractivity contribution in [2.75, 3.05) is 6.54 Å². The Morgan fingerprint density at radius 2 is 1.42 bits per heavy atom.